The maximum Gasteiger partial charge on any atom is 0.240 e. The Morgan fingerprint density at radius 3 is 2.17 bits per heavy atom. The number of carbonyl (C=O) groups excluding carboxylic acids is 2. The summed E-state index contributed by atoms with van der Waals surface area (Å²) in [6, 6.07) is 8.50. The lowest BCUT2D eigenvalue weighted by molar-refractivity contribution is -0.145. The van der Waals surface area contributed by atoms with Crippen LogP contribution in [0.1, 0.15) is 57.6 Å². The number of fused-ring (bicyclic) bond motifs is 1. The van der Waals surface area contributed by atoms with E-state index in [1.165, 1.54) is 24.0 Å². The SMILES string of the molecule is CC(C)(C)C(=O)N1CCN([C@@H](C(=O)N2CCc3ccccc3C2)C2CCCC2)CC1. The van der Waals surface area contributed by atoms with Crippen LogP contribution in [0, 0.1) is 11.3 Å². The number of amides is 2. The van der Waals surface area contributed by atoms with E-state index in [-0.39, 0.29) is 17.4 Å². The van der Waals surface area contributed by atoms with Gasteiger partial charge in [0, 0.05) is 44.7 Å². The van der Waals surface area contributed by atoms with Gasteiger partial charge in [-0.2, -0.15) is 0 Å². The maximum absolute atomic E-state index is 13.8. The number of hydrogen-bond donors (Lipinski definition) is 0. The Labute approximate surface area is 181 Å². The second-order valence-corrected chi connectivity index (χ2v) is 10.3. The highest BCUT2D eigenvalue weighted by Gasteiger charge is 2.40. The van der Waals surface area contributed by atoms with E-state index in [1.54, 1.807) is 0 Å². The van der Waals surface area contributed by atoms with E-state index in [2.05, 4.69) is 34.1 Å². The first kappa shape index (κ1) is 21.4. The predicted octanol–water partition coefficient (Wildman–Crippen LogP) is 3.32. The highest BCUT2D eigenvalue weighted by atomic mass is 16.2. The van der Waals surface area contributed by atoms with Crippen molar-refractivity contribution in [1.29, 1.82) is 0 Å². The van der Waals surface area contributed by atoms with Crippen molar-refractivity contribution in [2.75, 3.05) is 32.7 Å². The van der Waals surface area contributed by atoms with Crippen LogP contribution < -0.4 is 0 Å². The van der Waals surface area contributed by atoms with Crippen molar-refractivity contribution in [1.82, 2.24) is 14.7 Å². The molecule has 0 N–H and O–H groups in total. The average Bonchev–Trinajstić information content (AvgIpc) is 3.27. The van der Waals surface area contributed by atoms with E-state index in [9.17, 15) is 9.59 Å². The van der Waals surface area contributed by atoms with Gasteiger partial charge in [0.1, 0.15) is 0 Å². The molecule has 0 aromatic heterocycles. The first-order chi connectivity index (χ1) is 14.3. The number of rotatable bonds is 3. The van der Waals surface area contributed by atoms with Crippen molar-refractivity contribution in [2.24, 2.45) is 11.3 Å². The summed E-state index contributed by atoms with van der Waals surface area (Å²) in [6.07, 6.45) is 5.73. The smallest absolute Gasteiger partial charge is 0.240 e. The van der Waals surface area contributed by atoms with Crippen LogP contribution in [0.25, 0.3) is 0 Å². The fourth-order valence-electron chi connectivity index (χ4n) is 5.48. The Hall–Kier alpha value is -1.88. The van der Waals surface area contributed by atoms with Crippen LogP contribution in [-0.2, 0) is 22.6 Å². The van der Waals surface area contributed by atoms with Gasteiger partial charge in [-0.15, -0.1) is 0 Å². The van der Waals surface area contributed by atoms with Gasteiger partial charge in [0.15, 0.2) is 0 Å². The molecule has 2 heterocycles. The molecule has 1 aromatic carbocycles. The molecule has 0 radical (unpaired) electrons. The molecule has 1 saturated carbocycles. The average molecular weight is 412 g/mol. The lowest BCUT2D eigenvalue weighted by atomic mass is 9.92. The minimum Gasteiger partial charge on any atom is -0.340 e. The third-order valence-corrected chi connectivity index (χ3v) is 7.18. The molecule has 0 spiro atoms. The van der Waals surface area contributed by atoms with Gasteiger partial charge < -0.3 is 9.80 Å². The normalized spacial score (nSPS) is 22.1. The molecule has 5 heteroatoms. The van der Waals surface area contributed by atoms with Crippen LogP contribution in [-0.4, -0.2) is 65.3 Å². The summed E-state index contributed by atoms with van der Waals surface area (Å²) in [5, 5.41) is 0. The van der Waals surface area contributed by atoms with Crippen LogP contribution in [0.3, 0.4) is 0 Å². The van der Waals surface area contributed by atoms with Gasteiger partial charge in [-0.05, 0) is 36.3 Å². The first-order valence-corrected chi connectivity index (χ1v) is 11.7. The molecule has 5 nitrogen and oxygen atoms in total. The van der Waals surface area contributed by atoms with Crippen molar-refractivity contribution in [3.8, 4) is 0 Å². The van der Waals surface area contributed by atoms with E-state index in [1.807, 2.05) is 25.7 Å². The predicted molar refractivity (Wildman–Crippen MR) is 119 cm³/mol. The Morgan fingerprint density at radius 1 is 0.900 bits per heavy atom. The first-order valence-electron chi connectivity index (χ1n) is 11.7. The van der Waals surface area contributed by atoms with Gasteiger partial charge in [0.05, 0.1) is 6.04 Å². The zero-order valence-corrected chi connectivity index (χ0v) is 18.9. The van der Waals surface area contributed by atoms with Gasteiger partial charge in [-0.3, -0.25) is 14.5 Å². The van der Waals surface area contributed by atoms with E-state index in [4.69, 9.17) is 0 Å². The third kappa shape index (κ3) is 4.41. The van der Waals surface area contributed by atoms with Crippen molar-refractivity contribution < 1.29 is 9.59 Å². The highest BCUT2D eigenvalue weighted by molar-refractivity contribution is 5.83. The second-order valence-electron chi connectivity index (χ2n) is 10.3. The molecular formula is C25H37N3O2. The minimum absolute atomic E-state index is 0.0235. The van der Waals surface area contributed by atoms with Gasteiger partial charge in [-0.1, -0.05) is 57.9 Å². The van der Waals surface area contributed by atoms with Crippen molar-refractivity contribution in [3.63, 3.8) is 0 Å². The summed E-state index contributed by atoms with van der Waals surface area (Å²) in [5.41, 5.74) is 2.33. The molecule has 4 rings (SSSR count). The molecule has 2 aliphatic heterocycles. The summed E-state index contributed by atoms with van der Waals surface area (Å²) in [7, 11) is 0. The summed E-state index contributed by atoms with van der Waals surface area (Å²) in [6.45, 7) is 10.6. The number of carbonyl (C=O) groups is 2. The van der Waals surface area contributed by atoms with Crippen LogP contribution in [0.5, 0.6) is 0 Å². The van der Waals surface area contributed by atoms with E-state index >= 15 is 0 Å². The summed E-state index contributed by atoms with van der Waals surface area (Å²) in [4.78, 5) is 32.9. The summed E-state index contributed by atoms with van der Waals surface area (Å²) >= 11 is 0. The number of nitrogens with zero attached hydrogens (tertiary/aromatic N) is 3. The summed E-state index contributed by atoms with van der Waals surface area (Å²) < 4.78 is 0. The van der Waals surface area contributed by atoms with Crippen molar-refractivity contribution in [3.05, 3.63) is 35.4 Å². The monoisotopic (exact) mass is 411 g/mol. The fraction of sp³-hybridized carbons (Fsp3) is 0.680. The minimum atomic E-state index is -0.343. The van der Waals surface area contributed by atoms with Crippen molar-refractivity contribution >= 4 is 11.8 Å². The third-order valence-electron chi connectivity index (χ3n) is 7.18. The number of piperazine rings is 1. The molecular weight excluding hydrogens is 374 g/mol. The molecule has 30 heavy (non-hydrogen) atoms. The molecule has 2 fully saturated rings. The van der Waals surface area contributed by atoms with Gasteiger partial charge >= 0.3 is 0 Å². The van der Waals surface area contributed by atoms with Crippen LogP contribution >= 0.6 is 0 Å². The van der Waals surface area contributed by atoms with Gasteiger partial charge in [0.2, 0.25) is 11.8 Å². The lowest BCUT2D eigenvalue weighted by Gasteiger charge is -2.44. The molecule has 1 saturated heterocycles. The van der Waals surface area contributed by atoms with E-state index < -0.39 is 0 Å². The van der Waals surface area contributed by atoms with E-state index in [0.717, 1.165) is 58.5 Å². The Balaban J connectivity index is 1.46. The Kier molecular flexibility index (Phi) is 6.19. The molecule has 0 unspecified atom stereocenters. The molecule has 1 atom stereocenters. The van der Waals surface area contributed by atoms with Gasteiger partial charge in [-0.25, -0.2) is 0 Å². The molecule has 0 bridgehead atoms. The molecule has 1 aromatic rings. The Bertz CT molecular complexity index is 771. The largest absolute Gasteiger partial charge is 0.340 e. The van der Waals surface area contributed by atoms with Crippen LogP contribution in [0.15, 0.2) is 24.3 Å². The van der Waals surface area contributed by atoms with Gasteiger partial charge in [0.25, 0.3) is 0 Å². The lowest BCUT2D eigenvalue weighted by Crippen LogP contribution is -2.59. The Morgan fingerprint density at radius 2 is 1.53 bits per heavy atom. The second kappa shape index (κ2) is 8.70. The fourth-order valence-corrected chi connectivity index (χ4v) is 5.48. The van der Waals surface area contributed by atoms with Crippen LogP contribution in [0.2, 0.25) is 0 Å². The van der Waals surface area contributed by atoms with Crippen molar-refractivity contribution in [2.45, 2.75) is 65.5 Å². The molecule has 1 aliphatic carbocycles. The number of hydrogen-bond acceptors (Lipinski definition) is 3. The summed E-state index contributed by atoms with van der Waals surface area (Å²) in [5.74, 6) is 0.991. The zero-order valence-electron chi connectivity index (χ0n) is 18.9. The van der Waals surface area contributed by atoms with E-state index in [0.29, 0.717) is 11.8 Å². The number of benzene rings is 1. The zero-order chi connectivity index (χ0) is 21.3. The molecule has 3 aliphatic rings. The van der Waals surface area contributed by atoms with Crippen LogP contribution in [0.4, 0.5) is 0 Å². The highest BCUT2D eigenvalue weighted by Crippen LogP contribution is 2.33. The molecule has 164 valence electrons. The molecule has 2 amide bonds. The maximum atomic E-state index is 13.8. The topological polar surface area (TPSA) is 43.9 Å². The quantitative estimate of drug-likeness (QED) is 0.766. The standard InChI is InChI=1S/C25H37N3O2/c1-25(2,3)24(30)27-16-14-26(15-17-27)22(20-9-5-6-10-20)23(29)28-13-12-19-8-4-7-11-21(19)18-28/h4,7-8,11,20,22H,5-6,9-10,12-18H2,1-3H3/t22-/m1/s1.